The molecule has 2 heterocycles. The molecule has 0 fully saturated rings. The van der Waals surface area contributed by atoms with Crippen LogP contribution in [0.1, 0.15) is 59.5 Å². The standard InChI is InChI=1S/C41H39ClN2O3S.O3S.H2/c1-6-43-33-22-18-27-12-7-9-16-31(27)37(33)40(2,3)35(43)24-20-29-14-11-15-30(39(29)42)21-25-36-41(4,5)38-32-17-10-8-13-28(32)19-23-34(38)44(36)26-48(45,46)47;1-4(2)3;/h6-10,12-13,16-25H,1,11,14-15,26H2,2-5H3;;1H. The van der Waals surface area contributed by atoms with E-state index in [0.29, 0.717) is 5.03 Å². The van der Waals surface area contributed by atoms with Gasteiger partial charge in [-0.15, -0.1) is 12.6 Å². The fraction of sp³-hybridized carbons (Fsp3) is 0.244. The monoisotopic (exact) mass is 756 g/mol. The molecule has 0 bridgehead atoms. The summed E-state index contributed by atoms with van der Waals surface area (Å²) in [5, 5.41) is 5.28. The van der Waals surface area contributed by atoms with Crippen LogP contribution in [0.4, 0.5) is 11.4 Å². The molecule has 52 heavy (non-hydrogen) atoms. The molecule has 8 nitrogen and oxygen atoms in total. The Hall–Kier alpha value is -4.61. The predicted molar refractivity (Wildman–Crippen MR) is 210 cm³/mol. The lowest BCUT2D eigenvalue weighted by Gasteiger charge is -2.25. The Morgan fingerprint density at radius 2 is 1.46 bits per heavy atom. The molecule has 0 saturated heterocycles. The summed E-state index contributed by atoms with van der Waals surface area (Å²) in [5.41, 5.74) is 7.30. The smallest absolute Gasteiger partial charge is 0.425 e. The van der Waals surface area contributed by atoms with Crippen molar-refractivity contribution < 1.29 is 31.6 Å². The fourth-order valence-electron chi connectivity index (χ4n) is 8.06. The average molecular weight is 757 g/mol. The summed E-state index contributed by atoms with van der Waals surface area (Å²) in [6.45, 7) is 12.8. The Morgan fingerprint density at radius 1 is 0.865 bits per heavy atom. The van der Waals surface area contributed by atoms with Crippen LogP contribution in [0.5, 0.6) is 0 Å². The molecule has 0 unspecified atom stereocenters. The van der Waals surface area contributed by atoms with Crippen LogP contribution in [-0.2, 0) is 31.6 Å². The average Bonchev–Trinajstić information content (AvgIpc) is 3.44. The highest BCUT2D eigenvalue weighted by Gasteiger charge is 2.46. The fourth-order valence-corrected chi connectivity index (χ4v) is 8.97. The van der Waals surface area contributed by atoms with Gasteiger partial charge in [-0.1, -0.05) is 98.8 Å². The van der Waals surface area contributed by atoms with Crippen LogP contribution in [-0.4, -0.2) is 41.8 Å². The number of nitrogens with zero attached hydrogens (tertiary/aromatic N) is 2. The van der Waals surface area contributed by atoms with E-state index in [1.807, 2.05) is 48.7 Å². The van der Waals surface area contributed by atoms with Crippen molar-refractivity contribution in [2.75, 3.05) is 10.8 Å². The number of benzene rings is 4. The van der Waals surface area contributed by atoms with Gasteiger partial charge >= 0.3 is 10.6 Å². The third-order valence-electron chi connectivity index (χ3n) is 10.3. The Labute approximate surface area is 312 Å². The van der Waals surface area contributed by atoms with Gasteiger partial charge in [-0.25, -0.2) is 8.42 Å². The highest BCUT2D eigenvalue weighted by molar-refractivity contribution is 7.85. The number of hydrogen-bond acceptors (Lipinski definition) is 7. The van der Waals surface area contributed by atoms with Gasteiger partial charge in [-0.2, -0.15) is 4.58 Å². The molecule has 1 aliphatic carbocycles. The van der Waals surface area contributed by atoms with Gasteiger partial charge in [0.15, 0.2) is 15.8 Å². The highest BCUT2D eigenvalue weighted by atomic mass is 35.5. The zero-order valence-corrected chi connectivity index (χ0v) is 31.8. The van der Waals surface area contributed by atoms with Crippen molar-refractivity contribution in [2.24, 2.45) is 0 Å². The quantitative estimate of drug-likeness (QED) is 0.142. The molecule has 7 rings (SSSR count). The maximum Gasteiger partial charge on any atom is 0.425 e. The van der Waals surface area contributed by atoms with Crippen molar-refractivity contribution in [3.05, 3.63) is 143 Å². The van der Waals surface area contributed by atoms with Gasteiger partial charge in [-0.05, 0) is 89.6 Å². The topological polar surface area (TPSA) is 115 Å². The number of allylic oxidation sites excluding steroid dienone is 8. The van der Waals surface area contributed by atoms with Crippen LogP contribution in [0.3, 0.4) is 0 Å². The van der Waals surface area contributed by atoms with Crippen LogP contribution in [0.2, 0.25) is 0 Å². The predicted octanol–water partition coefficient (Wildman–Crippen LogP) is 9.10. The van der Waals surface area contributed by atoms with Gasteiger partial charge in [-0.3, -0.25) is 0 Å². The molecule has 2 aliphatic heterocycles. The number of anilines is 1. The summed E-state index contributed by atoms with van der Waals surface area (Å²) in [5.74, 6) is -0.639. The molecule has 0 spiro atoms. The minimum Gasteiger partial charge on any atom is -0.743 e. The Kier molecular flexibility index (Phi) is 10.1. The van der Waals surface area contributed by atoms with Gasteiger partial charge in [0, 0.05) is 47.2 Å². The molecule has 0 saturated carbocycles. The van der Waals surface area contributed by atoms with E-state index >= 15 is 0 Å². The minimum atomic E-state index is -4.56. The van der Waals surface area contributed by atoms with Crippen molar-refractivity contribution in [1.82, 2.24) is 0 Å². The number of hydrogen-bond donors (Lipinski definition) is 0. The summed E-state index contributed by atoms with van der Waals surface area (Å²) in [7, 11) is -7.67. The molecular formula is C41H41ClN2O6S2. The molecule has 0 atom stereocenters. The summed E-state index contributed by atoms with van der Waals surface area (Å²) < 4.78 is 63.4. The first-order valence-corrected chi connectivity index (χ1v) is 19.8. The lowest BCUT2D eigenvalue weighted by Crippen LogP contribution is -2.29. The molecule has 4 aromatic rings. The van der Waals surface area contributed by atoms with Crippen LogP contribution in [0.25, 0.3) is 21.5 Å². The van der Waals surface area contributed by atoms with Crippen molar-refractivity contribution in [2.45, 2.75) is 57.8 Å². The Balaban J connectivity index is 0.00000103. The van der Waals surface area contributed by atoms with Crippen molar-refractivity contribution >= 4 is 71.0 Å². The first-order valence-electron chi connectivity index (χ1n) is 16.9. The van der Waals surface area contributed by atoms with E-state index in [9.17, 15) is 13.0 Å². The Bertz CT molecular complexity index is 2550. The lowest BCUT2D eigenvalue weighted by atomic mass is 9.79. The number of fused-ring (bicyclic) bond motifs is 6. The molecule has 0 aromatic heterocycles. The molecule has 11 heteroatoms. The summed E-state index contributed by atoms with van der Waals surface area (Å²) in [4.78, 5) is 2.18. The Morgan fingerprint density at radius 3 is 2.08 bits per heavy atom. The third-order valence-corrected chi connectivity index (χ3v) is 11.3. The van der Waals surface area contributed by atoms with E-state index in [0.717, 1.165) is 69.5 Å². The SMILES string of the molecule is C=CN1/C(=C/C=C2CCCC(/C=C/C3=[N+](CS(=O)(=O)[O-])c4ccc5ccccc5c4C3(C)C)=C2Cl)C(C)(C)c2c1ccc1ccccc21.O=S(=O)=O.[HH]. The molecule has 0 radical (unpaired) electrons. The number of rotatable bonds is 6. The van der Waals surface area contributed by atoms with Gasteiger partial charge in [0.1, 0.15) is 0 Å². The molecule has 270 valence electrons. The van der Waals surface area contributed by atoms with E-state index in [1.165, 1.54) is 16.3 Å². The first-order chi connectivity index (χ1) is 24.6. The van der Waals surface area contributed by atoms with Crippen molar-refractivity contribution in [1.29, 1.82) is 0 Å². The van der Waals surface area contributed by atoms with E-state index in [2.05, 4.69) is 93.8 Å². The maximum absolute atomic E-state index is 12.1. The van der Waals surface area contributed by atoms with Crippen LogP contribution in [0.15, 0.2) is 132 Å². The molecule has 4 aromatic carbocycles. The van der Waals surface area contributed by atoms with E-state index in [1.54, 1.807) is 4.58 Å². The van der Waals surface area contributed by atoms with Crippen molar-refractivity contribution in [3.63, 3.8) is 0 Å². The van der Waals surface area contributed by atoms with E-state index in [-0.39, 0.29) is 6.84 Å². The summed E-state index contributed by atoms with van der Waals surface area (Å²) in [6, 6.07) is 24.8. The van der Waals surface area contributed by atoms with Crippen LogP contribution >= 0.6 is 11.6 Å². The second-order valence-corrected chi connectivity index (χ2v) is 16.3. The number of halogens is 1. The molecule has 0 N–H and O–H groups in total. The second kappa shape index (κ2) is 14.1. The molecule has 0 amide bonds. The zero-order valence-electron chi connectivity index (χ0n) is 29.4. The zero-order chi connectivity index (χ0) is 37.6. The van der Waals surface area contributed by atoms with Crippen LogP contribution in [0, 0.1) is 0 Å². The van der Waals surface area contributed by atoms with Gasteiger partial charge in [0.2, 0.25) is 11.6 Å². The van der Waals surface area contributed by atoms with Gasteiger partial charge in [0.25, 0.3) is 0 Å². The normalized spacial score (nSPS) is 19.4. The van der Waals surface area contributed by atoms with E-state index in [4.69, 9.17) is 24.2 Å². The molecule has 3 aliphatic rings. The van der Waals surface area contributed by atoms with Gasteiger partial charge in [0.05, 0.1) is 5.41 Å². The second-order valence-electron chi connectivity index (χ2n) is 14.1. The van der Waals surface area contributed by atoms with Crippen molar-refractivity contribution in [3.8, 4) is 0 Å². The summed E-state index contributed by atoms with van der Waals surface area (Å²) in [6.07, 6.45) is 12.8. The highest BCUT2D eigenvalue weighted by Crippen LogP contribution is 2.51. The summed E-state index contributed by atoms with van der Waals surface area (Å²) >= 11 is 7.14. The molecular weight excluding hydrogens is 716 g/mol. The lowest BCUT2D eigenvalue weighted by molar-refractivity contribution is -0.416. The minimum absolute atomic E-state index is 0. The largest absolute Gasteiger partial charge is 0.743 e. The van der Waals surface area contributed by atoms with Gasteiger partial charge < -0.3 is 9.45 Å². The maximum atomic E-state index is 12.1. The van der Waals surface area contributed by atoms with E-state index < -0.39 is 32.0 Å². The third kappa shape index (κ3) is 6.84. The van der Waals surface area contributed by atoms with Crippen LogP contribution < -0.4 is 4.90 Å². The first kappa shape index (κ1) is 37.2.